The molecule has 0 amide bonds. The van der Waals surface area contributed by atoms with Crippen molar-refractivity contribution in [1.29, 1.82) is 0 Å². The number of hydrogen-bond acceptors (Lipinski definition) is 4. The van der Waals surface area contributed by atoms with Crippen molar-refractivity contribution < 1.29 is 5.21 Å². The van der Waals surface area contributed by atoms with Crippen LogP contribution in [0, 0.1) is 0 Å². The number of thiazole rings is 1. The van der Waals surface area contributed by atoms with Crippen molar-refractivity contribution in [1.82, 2.24) is 4.98 Å². The second-order valence-corrected chi connectivity index (χ2v) is 2.90. The first-order valence-electron chi connectivity index (χ1n) is 2.11. The van der Waals surface area contributed by atoms with Gasteiger partial charge in [-0.05, 0) is 0 Å². The number of nitrogens with zero attached hydrogens (tertiary/aromatic N) is 2. The summed E-state index contributed by atoms with van der Waals surface area (Å²) in [5.41, 5.74) is 0. The summed E-state index contributed by atoms with van der Waals surface area (Å²) in [5.74, 6) is 0. The summed E-state index contributed by atoms with van der Waals surface area (Å²) in [7, 11) is 0. The summed E-state index contributed by atoms with van der Waals surface area (Å²) < 4.78 is 0.449. The Hall–Kier alpha value is -0.610. The van der Waals surface area contributed by atoms with Crippen LogP contribution in [-0.2, 0) is 0 Å². The maximum atomic E-state index is 8.03. The van der Waals surface area contributed by atoms with Crippen LogP contribution in [0.4, 0.5) is 0 Å². The van der Waals surface area contributed by atoms with Gasteiger partial charge in [0.1, 0.15) is 0 Å². The van der Waals surface area contributed by atoms with Crippen LogP contribution in [0.15, 0.2) is 11.4 Å². The van der Waals surface area contributed by atoms with E-state index in [0.29, 0.717) is 4.47 Å². The molecular weight excluding hydrogens is 160 g/mol. The Morgan fingerprint density at radius 3 is 3.11 bits per heavy atom. The van der Waals surface area contributed by atoms with Crippen molar-refractivity contribution >= 4 is 29.2 Å². The summed E-state index contributed by atoms with van der Waals surface area (Å²) in [6, 6.07) is 0. The monoisotopic (exact) mass is 162 g/mol. The van der Waals surface area contributed by atoms with E-state index in [0.717, 1.165) is 4.88 Å². The molecule has 0 unspecified atom stereocenters. The zero-order valence-corrected chi connectivity index (χ0v) is 5.85. The first-order chi connectivity index (χ1) is 4.33. The molecule has 1 heterocycles. The van der Waals surface area contributed by atoms with E-state index < -0.39 is 0 Å². The second-order valence-electron chi connectivity index (χ2n) is 1.26. The van der Waals surface area contributed by atoms with Crippen molar-refractivity contribution in [2.45, 2.75) is 0 Å². The predicted molar refractivity (Wildman–Crippen MR) is 36.5 cm³/mol. The number of halogens is 1. The lowest BCUT2D eigenvalue weighted by Crippen LogP contribution is -1.68. The van der Waals surface area contributed by atoms with E-state index in [1.54, 1.807) is 0 Å². The van der Waals surface area contributed by atoms with Crippen molar-refractivity contribution in [2.24, 2.45) is 5.16 Å². The average Bonchev–Trinajstić information content (AvgIpc) is 2.17. The molecule has 0 aromatic carbocycles. The van der Waals surface area contributed by atoms with Gasteiger partial charge >= 0.3 is 0 Å². The Labute approximate surface area is 60.6 Å². The zero-order chi connectivity index (χ0) is 6.69. The maximum absolute atomic E-state index is 8.03. The van der Waals surface area contributed by atoms with Gasteiger partial charge in [0.15, 0.2) is 4.47 Å². The highest BCUT2D eigenvalue weighted by molar-refractivity contribution is 7.17. The minimum absolute atomic E-state index is 0.449. The quantitative estimate of drug-likeness (QED) is 0.387. The zero-order valence-electron chi connectivity index (χ0n) is 4.28. The highest BCUT2D eigenvalue weighted by Gasteiger charge is 1.93. The molecule has 1 rings (SSSR count). The highest BCUT2D eigenvalue weighted by atomic mass is 35.5. The Bertz CT molecular complexity index is 222. The Balaban J connectivity index is 2.85. The second kappa shape index (κ2) is 2.80. The summed E-state index contributed by atoms with van der Waals surface area (Å²) in [6.45, 7) is 0. The lowest BCUT2D eigenvalue weighted by molar-refractivity contribution is 0.322. The third kappa shape index (κ3) is 1.65. The molecule has 3 nitrogen and oxygen atoms in total. The minimum Gasteiger partial charge on any atom is -0.411 e. The SMILES string of the molecule is O/N=C\c1cnc(Cl)s1. The standard InChI is InChI=1S/C4H3ClN2OS/c5-4-6-1-3(9-4)2-7-8/h1-2,8H/b7-2-. The number of rotatable bonds is 1. The molecule has 0 saturated heterocycles. The molecule has 0 aliphatic heterocycles. The van der Waals surface area contributed by atoms with Crippen LogP contribution < -0.4 is 0 Å². The van der Waals surface area contributed by atoms with Gasteiger partial charge in [-0.2, -0.15) is 0 Å². The molecule has 1 N–H and O–H groups in total. The first kappa shape index (κ1) is 6.51. The number of hydrogen-bond donors (Lipinski definition) is 1. The fraction of sp³-hybridized carbons (Fsp3) is 0. The van der Waals surface area contributed by atoms with E-state index in [1.807, 2.05) is 0 Å². The summed E-state index contributed by atoms with van der Waals surface area (Å²) >= 11 is 6.72. The van der Waals surface area contributed by atoms with Gasteiger partial charge < -0.3 is 5.21 Å². The normalized spacial score (nSPS) is 10.8. The summed E-state index contributed by atoms with van der Waals surface area (Å²) in [4.78, 5) is 4.46. The van der Waals surface area contributed by atoms with E-state index in [4.69, 9.17) is 16.8 Å². The molecule has 1 aromatic heterocycles. The highest BCUT2D eigenvalue weighted by Crippen LogP contribution is 2.15. The largest absolute Gasteiger partial charge is 0.411 e. The van der Waals surface area contributed by atoms with Gasteiger partial charge in [0, 0.05) is 6.20 Å². The molecule has 48 valence electrons. The molecule has 0 saturated carbocycles. The van der Waals surface area contributed by atoms with Gasteiger partial charge in [-0.3, -0.25) is 0 Å². The molecule has 1 aromatic rings. The van der Waals surface area contributed by atoms with Crippen molar-refractivity contribution in [3.05, 3.63) is 15.5 Å². The summed E-state index contributed by atoms with van der Waals surface area (Å²) in [6.07, 6.45) is 2.82. The molecule has 0 spiro atoms. The molecule has 0 bridgehead atoms. The van der Waals surface area contributed by atoms with Crippen molar-refractivity contribution in [3.63, 3.8) is 0 Å². The number of oxime groups is 1. The molecule has 0 atom stereocenters. The van der Waals surface area contributed by atoms with E-state index in [-0.39, 0.29) is 0 Å². The van der Waals surface area contributed by atoms with Gasteiger partial charge in [0.25, 0.3) is 0 Å². The molecule has 0 radical (unpaired) electrons. The maximum Gasteiger partial charge on any atom is 0.184 e. The van der Waals surface area contributed by atoms with Crippen LogP contribution in [0.3, 0.4) is 0 Å². The topological polar surface area (TPSA) is 45.5 Å². The Morgan fingerprint density at radius 1 is 1.89 bits per heavy atom. The molecule has 0 aliphatic carbocycles. The Kier molecular flexibility index (Phi) is 2.02. The molecule has 0 fully saturated rings. The third-order valence-corrected chi connectivity index (χ3v) is 1.73. The van der Waals surface area contributed by atoms with Crippen LogP contribution in [0.5, 0.6) is 0 Å². The lowest BCUT2D eigenvalue weighted by atomic mass is 10.6. The van der Waals surface area contributed by atoms with Gasteiger partial charge in [-0.1, -0.05) is 16.8 Å². The van der Waals surface area contributed by atoms with Crippen LogP contribution in [0.1, 0.15) is 4.88 Å². The minimum atomic E-state index is 0.449. The predicted octanol–water partition coefficient (Wildman–Crippen LogP) is 1.60. The lowest BCUT2D eigenvalue weighted by Gasteiger charge is -1.72. The van der Waals surface area contributed by atoms with Crippen LogP contribution in [0.2, 0.25) is 4.47 Å². The van der Waals surface area contributed by atoms with Gasteiger partial charge in [-0.25, -0.2) is 4.98 Å². The van der Waals surface area contributed by atoms with E-state index in [9.17, 15) is 0 Å². The fourth-order valence-electron chi connectivity index (χ4n) is 0.381. The average molecular weight is 163 g/mol. The van der Waals surface area contributed by atoms with Crippen molar-refractivity contribution in [2.75, 3.05) is 0 Å². The van der Waals surface area contributed by atoms with Crippen molar-refractivity contribution in [3.8, 4) is 0 Å². The molecule has 9 heavy (non-hydrogen) atoms. The van der Waals surface area contributed by atoms with Gasteiger partial charge in [0.2, 0.25) is 0 Å². The molecule has 0 aliphatic rings. The van der Waals surface area contributed by atoms with Crippen LogP contribution >= 0.6 is 22.9 Å². The van der Waals surface area contributed by atoms with E-state index in [2.05, 4.69) is 10.1 Å². The van der Waals surface area contributed by atoms with Crippen LogP contribution in [-0.4, -0.2) is 16.4 Å². The Morgan fingerprint density at radius 2 is 2.67 bits per heavy atom. The molecular formula is C4H3ClN2OS. The fourth-order valence-corrected chi connectivity index (χ4v) is 1.20. The molecule has 5 heteroatoms. The van der Waals surface area contributed by atoms with Crippen LogP contribution in [0.25, 0.3) is 0 Å². The summed E-state index contributed by atoms with van der Waals surface area (Å²) in [5, 5.41) is 10.8. The van der Waals surface area contributed by atoms with Gasteiger partial charge in [-0.15, -0.1) is 11.3 Å². The third-order valence-electron chi connectivity index (χ3n) is 0.680. The van der Waals surface area contributed by atoms with E-state index >= 15 is 0 Å². The number of aromatic nitrogens is 1. The first-order valence-corrected chi connectivity index (χ1v) is 3.31. The van der Waals surface area contributed by atoms with E-state index in [1.165, 1.54) is 23.7 Å². The van der Waals surface area contributed by atoms with Gasteiger partial charge in [0.05, 0.1) is 11.1 Å². The smallest absolute Gasteiger partial charge is 0.184 e.